The average molecular weight is 425 g/mol. The highest BCUT2D eigenvalue weighted by atomic mass is 16.8. The van der Waals surface area contributed by atoms with Gasteiger partial charge in [0, 0.05) is 7.11 Å². The van der Waals surface area contributed by atoms with Crippen molar-refractivity contribution in [3.63, 3.8) is 0 Å². The lowest BCUT2D eigenvalue weighted by Gasteiger charge is -2.13. The van der Waals surface area contributed by atoms with Crippen molar-refractivity contribution >= 4 is 24.0 Å². The summed E-state index contributed by atoms with van der Waals surface area (Å²) in [5.41, 5.74) is 1.71. The summed E-state index contributed by atoms with van der Waals surface area (Å²) in [7, 11) is 5.90. The Morgan fingerprint density at radius 3 is 1.81 bits per heavy atom. The second-order valence-electron chi connectivity index (χ2n) is 6.43. The Balaban J connectivity index is 2.13. The van der Waals surface area contributed by atoms with Crippen molar-refractivity contribution in [3.8, 4) is 17.2 Å². The summed E-state index contributed by atoms with van der Waals surface area (Å²) in [6, 6.07) is 12.6. The highest BCUT2D eigenvalue weighted by Gasteiger charge is 2.40. The van der Waals surface area contributed by atoms with E-state index >= 15 is 0 Å². The first kappa shape index (κ1) is 22.1. The summed E-state index contributed by atoms with van der Waals surface area (Å²) in [6.07, 6.45) is 3.22. The Labute approximate surface area is 180 Å². The maximum absolute atomic E-state index is 13.0. The van der Waals surface area contributed by atoms with Gasteiger partial charge >= 0.3 is 0 Å². The van der Waals surface area contributed by atoms with Gasteiger partial charge in [0.05, 0.1) is 32.5 Å². The molecule has 8 nitrogen and oxygen atoms in total. The topological polar surface area (TPSA) is 83.5 Å². The van der Waals surface area contributed by atoms with Crippen molar-refractivity contribution in [1.29, 1.82) is 0 Å². The summed E-state index contributed by atoms with van der Waals surface area (Å²) in [6.45, 7) is -0.243. The van der Waals surface area contributed by atoms with E-state index in [0.717, 1.165) is 5.56 Å². The summed E-state index contributed by atoms with van der Waals surface area (Å²) in [4.78, 5) is 31.1. The average Bonchev–Trinajstić information content (AvgIpc) is 3.01. The third kappa shape index (κ3) is 4.60. The van der Waals surface area contributed by atoms with Crippen LogP contribution in [-0.4, -0.2) is 52.1 Å². The monoisotopic (exact) mass is 425 g/mol. The maximum atomic E-state index is 13.0. The summed E-state index contributed by atoms with van der Waals surface area (Å²) in [5.74, 6) is 0.0896. The molecule has 2 aromatic carbocycles. The molecule has 0 saturated carbocycles. The van der Waals surface area contributed by atoms with E-state index in [2.05, 4.69) is 0 Å². The maximum Gasteiger partial charge on any atom is 0.286 e. The predicted molar refractivity (Wildman–Crippen MR) is 113 cm³/mol. The molecule has 1 aliphatic heterocycles. The van der Waals surface area contributed by atoms with Crippen LogP contribution >= 0.6 is 0 Å². The fourth-order valence-corrected chi connectivity index (χ4v) is 3.11. The number of hydrogen-bond acceptors (Lipinski definition) is 7. The van der Waals surface area contributed by atoms with Crippen molar-refractivity contribution in [2.75, 3.05) is 35.2 Å². The largest absolute Gasteiger partial charge is 0.493 e. The van der Waals surface area contributed by atoms with Gasteiger partial charge in [-0.1, -0.05) is 30.3 Å². The minimum absolute atomic E-state index is 0.166. The van der Waals surface area contributed by atoms with Crippen LogP contribution < -0.4 is 14.2 Å². The first-order valence-electron chi connectivity index (χ1n) is 9.33. The third-order valence-corrected chi connectivity index (χ3v) is 4.53. The smallest absolute Gasteiger partial charge is 0.286 e. The molecule has 0 bridgehead atoms. The van der Waals surface area contributed by atoms with Crippen LogP contribution in [0.3, 0.4) is 0 Å². The molecule has 3 rings (SSSR count). The van der Waals surface area contributed by atoms with Gasteiger partial charge in [-0.2, -0.15) is 0 Å². The highest BCUT2D eigenvalue weighted by Crippen LogP contribution is 2.39. The van der Waals surface area contributed by atoms with E-state index in [9.17, 15) is 9.59 Å². The second kappa shape index (κ2) is 9.92. The molecule has 0 radical (unpaired) electrons. The molecule has 0 aromatic heterocycles. The number of imide groups is 1. The number of nitrogens with zero attached hydrogens (tertiary/aromatic N) is 1. The summed E-state index contributed by atoms with van der Waals surface area (Å²) in [5, 5.41) is 0.697. The lowest BCUT2D eigenvalue weighted by Crippen LogP contribution is -2.30. The molecule has 1 heterocycles. The zero-order valence-electron chi connectivity index (χ0n) is 17.7. The standard InChI is InChI=1S/C23H23NO7/c1-27-14-31-24-22(25)17(10-15-8-6-5-7-9-15)18(23(24)26)11-16-12-19(28-2)21(30-4)20(13-16)29-3/h5-13H,14H2,1-4H3/b17-10+,18-11+. The van der Waals surface area contributed by atoms with Gasteiger partial charge in [-0.05, 0) is 35.4 Å². The zero-order chi connectivity index (χ0) is 22.4. The number of carbonyl (C=O) groups excluding carboxylic acids is 2. The number of carbonyl (C=O) groups is 2. The van der Waals surface area contributed by atoms with Gasteiger partial charge < -0.3 is 18.9 Å². The Hall–Kier alpha value is -3.62. The van der Waals surface area contributed by atoms with Crippen molar-refractivity contribution in [1.82, 2.24) is 5.06 Å². The van der Waals surface area contributed by atoms with Crippen LogP contribution in [0.4, 0.5) is 0 Å². The van der Waals surface area contributed by atoms with Crippen LogP contribution in [0.1, 0.15) is 11.1 Å². The molecule has 1 saturated heterocycles. The van der Waals surface area contributed by atoms with Crippen LogP contribution in [0.15, 0.2) is 53.6 Å². The van der Waals surface area contributed by atoms with E-state index in [1.807, 2.05) is 30.3 Å². The fraction of sp³-hybridized carbons (Fsp3) is 0.217. The number of benzene rings is 2. The van der Waals surface area contributed by atoms with Gasteiger partial charge in [0.1, 0.15) is 0 Å². The van der Waals surface area contributed by atoms with Gasteiger partial charge in [0.2, 0.25) is 5.75 Å². The first-order chi connectivity index (χ1) is 15.0. The number of rotatable bonds is 8. The molecule has 0 spiro atoms. The van der Waals surface area contributed by atoms with Crippen molar-refractivity contribution < 1.29 is 33.4 Å². The van der Waals surface area contributed by atoms with Crippen molar-refractivity contribution in [3.05, 3.63) is 64.7 Å². The third-order valence-electron chi connectivity index (χ3n) is 4.53. The van der Waals surface area contributed by atoms with Crippen LogP contribution in [0.25, 0.3) is 12.2 Å². The molecule has 0 unspecified atom stereocenters. The molecule has 8 heteroatoms. The fourth-order valence-electron chi connectivity index (χ4n) is 3.11. The lowest BCUT2D eigenvalue weighted by molar-refractivity contribution is -0.210. The van der Waals surface area contributed by atoms with E-state index in [-0.39, 0.29) is 17.9 Å². The quantitative estimate of drug-likeness (QED) is 0.365. The minimum Gasteiger partial charge on any atom is -0.493 e. The van der Waals surface area contributed by atoms with E-state index in [4.69, 9.17) is 23.8 Å². The summed E-state index contributed by atoms with van der Waals surface area (Å²) >= 11 is 0. The van der Waals surface area contributed by atoms with Crippen LogP contribution in [0.2, 0.25) is 0 Å². The predicted octanol–water partition coefficient (Wildman–Crippen LogP) is 3.08. The molecule has 162 valence electrons. The Morgan fingerprint density at radius 2 is 1.32 bits per heavy atom. The van der Waals surface area contributed by atoms with E-state index < -0.39 is 11.8 Å². The first-order valence-corrected chi connectivity index (χ1v) is 9.33. The van der Waals surface area contributed by atoms with Gasteiger partial charge in [0.15, 0.2) is 18.3 Å². The zero-order valence-corrected chi connectivity index (χ0v) is 17.7. The molecule has 2 amide bonds. The van der Waals surface area contributed by atoms with E-state index in [1.54, 1.807) is 24.3 Å². The second-order valence-corrected chi connectivity index (χ2v) is 6.43. The molecule has 31 heavy (non-hydrogen) atoms. The van der Waals surface area contributed by atoms with E-state index in [1.165, 1.54) is 28.4 Å². The van der Waals surface area contributed by atoms with Crippen LogP contribution in [0.5, 0.6) is 17.2 Å². The number of amides is 2. The number of hydrogen-bond donors (Lipinski definition) is 0. The summed E-state index contributed by atoms with van der Waals surface area (Å²) < 4.78 is 20.9. The number of methoxy groups -OCH3 is 4. The number of ether oxygens (including phenoxy) is 4. The molecular weight excluding hydrogens is 402 g/mol. The molecule has 0 atom stereocenters. The molecular formula is C23H23NO7. The molecule has 1 aliphatic rings. The number of hydroxylamine groups is 2. The van der Waals surface area contributed by atoms with Crippen LogP contribution in [0, 0.1) is 0 Å². The van der Waals surface area contributed by atoms with Gasteiger partial charge in [0.25, 0.3) is 11.8 Å². The normalized spacial score (nSPS) is 16.3. The SMILES string of the molecule is COCON1C(=O)C(=C/c2ccccc2)/C(=C\c2cc(OC)c(OC)c(OC)c2)C1=O. The molecule has 1 fully saturated rings. The van der Waals surface area contributed by atoms with Crippen molar-refractivity contribution in [2.24, 2.45) is 0 Å². The highest BCUT2D eigenvalue weighted by molar-refractivity contribution is 6.27. The van der Waals surface area contributed by atoms with Gasteiger partial charge in [-0.15, -0.1) is 5.06 Å². The van der Waals surface area contributed by atoms with Gasteiger partial charge in [-0.25, -0.2) is 4.84 Å². The van der Waals surface area contributed by atoms with Crippen molar-refractivity contribution in [2.45, 2.75) is 0 Å². The molecule has 2 aromatic rings. The Kier molecular flexibility index (Phi) is 7.07. The molecule has 0 aliphatic carbocycles. The Bertz CT molecular complexity index is 1000. The minimum atomic E-state index is -0.599. The molecule has 0 N–H and O–H groups in total. The van der Waals surface area contributed by atoms with Crippen LogP contribution in [-0.2, 0) is 19.2 Å². The van der Waals surface area contributed by atoms with Gasteiger partial charge in [-0.3, -0.25) is 9.59 Å². The lowest BCUT2D eigenvalue weighted by atomic mass is 10.0. The Morgan fingerprint density at radius 1 is 0.774 bits per heavy atom. The van der Waals surface area contributed by atoms with E-state index in [0.29, 0.717) is 27.9 Å².